The number of terminal acetylenes is 1. The summed E-state index contributed by atoms with van der Waals surface area (Å²) in [6.07, 6.45) is 5.04. The fourth-order valence-electron chi connectivity index (χ4n) is 0.298. The van der Waals surface area contributed by atoms with Crippen molar-refractivity contribution in [1.29, 1.82) is 0 Å². The Balaban J connectivity index is 3.85. The van der Waals surface area contributed by atoms with Crippen LogP contribution in [0.2, 0.25) is 0 Å². The van der Waals surface area contributed by atoms with Gasteiger partial charge in [0.1, 0.15) is 0 Å². The Morgan fingerprint density at radius 1 is 1.62 bits per heavy atom. The summed E-state index contributed by atoms with van der Waals surface area (Å²) in [5.74, 6) is 3.08. The van der Waals surface area contributed by atoms with E-state index in [4.69, 9.17) is 6.42 Å². The molecule has 0 radical (unpaired) electrons. The standard InChI is InChI=1S/C7H11B/c1-5-8-7(4)6(2)3/h1,6H,2-4H3. The first-order valence-corrected chi connectivity index (χ1v) is 2.81. The van der Waals surface area contributed by atoms with Crippen LogP contribution in [0.3, 0.4) is 0 Å². The van der Waals surface area contributed by atoms with Crippen molar-refractivity contribution in [3.8, 4) is 12.2 Å². The molecule has 42 valence electrons. The van der Waals surface area contributed by atoms with Crippen molar-refractivity contribution in [2.24, 2.45) is 5.92 Å². The molecular weight excluding hydrogens is 94.9 g/mol. The van der Waals surface area contributed by atoms with Crippen LogP contribution >= 0.6 is 0 Å². The maximum atomic E-state index is 5.04. The van der Waals surface area contributed by atoms with Crippen molar-refractivity contribution in [2.75, 3.05) is 0 Å². The molecule has 1 heteroatoms. The minimum absolute atomic E-state index is 0.589. The van der Waals surface area contributed by atoms with Gasteiger partial charge >= 0.3 is 51.3 Å². The third kappa shape index (κ3) is 2.63. The molecular formula is C7H11B. The van der Waals surface area contributed by atoms with Gasteiger partial charge in [-0.15, -0.1) is 0 Å². The zero-order valence-electron chi connectivity index (χ0n) is 5.73. The van der Waals surface area contributed by atoms with E-state index in [9.17, 15) is 0 Å². The molecule has 0 saturated heterocycles. The van der Waals surface area contributed by atoms with E-state index in [1.54, 1.807) is 0 Å². The Labute approximate surface area is 52.2 Å². The fourth-order valence-corrected chi connectivity index (χ4v) is 0.298. The Kier molecular flexibility index (Phi) is 3.27. The molecule has 0 spiro atoms. The van der Waals surface area contributed by atoms with Crippen LogP contribution < -0.4 is 0 Å². The molecule has 0 fully saturated rings. The van der Waals surface area contributed by atoms with Gasteiger partial charge in [-0.2, -0.15) is 0 Å². The summed E-state index contributed by atoms with van der Waals surface area (Å²) < 4.78 is 0. The first-order valence-electron chi connectivity index (χ1n) is 2.81. The van der Waals surface area contributed by atoms with Gasteiger partial charge in [0.25, 0.3) is 0 Å². The van der Waals surface area contributed by atoms with Crippen molar-refractivity contribution in [3.63, 3.8) is 0 Å². The summed E-state index contributed by atoms with van der Waals surface area (Å²) in [6, 6.07) is 0. The average Bonchev–Trinajstić information content (AvgIpc) is 1.67. The molecule has 0 atom stereocenters. The van der Waals surface area contributed by atoms with Crippen molar-refractivity contribution >= 4 is 12.4 Å². The van der Waals surface area contributed by atoms with Gasteiger partial charge in [-0.3, -0.25) is 0 Å². The van der Waals surface area contributed by atoms with Crippen LogP contribution in [-0.4, -0.2) is 12.4 Å². The SMILES string of the molecule is C#CB=C(C)C(C)C. The zero-order chi connectivity index (χ0) is 6.57. The summed E-state index contributed by atoms with van der Waals surface area (Å²) in [4.78, 5) is 0. The zero-order valence-corrected chi connectivity index (χ0v) is 5.73. The molecule has 8 heavy (non-hydrogen) atoms. The van der Waals surface area contributed by atoms with Gasteiger partial charge in [-0.05, 0) is 0 Å². The predicted molar refractivity (Wildman–Crippen MR) is 40.1 cm³/mol. The van der Waals surface area contributed by atoms with Crippen LogP contribution in [0.15, 0.2) is 0 Å². The molecule has 0 saturated carbocycles. The van der Waals surface area contributed by atoms with Crippen LogP contribution in [0.4, 0.5) is 0 Å². The molecule has 0 rings (SSSR count). The van der Waals surface area contributed by atoms with Gasteiger partial charge in [0, 0.05) is 0 Å². The first kappa shape index (κ1) is 7.49. The predicted octanol–water partition coefficient (Wildman–Crippen LogP) is 1.13. The average molecular weight is 106 g/mol. The third-order valence-electron chi connectivity index (χ3n) is 1.22. The van der Waals surface area contributed by atoms with E-state index in [1.165, 1.54) is 5.46 Å². The Morgan fingerprint density at radius 2 is 2.12 bits per heavy atom. The fraction of sp³-hybridized carbons (Fsp3) is 0.571. The first-order chi connectivity index (χ1) is 3.68. The molecule has 0 aliphatic heterocycles. The van der Waals surface area contributed by atoms with Gasteiger partial charge in [0.05, 0.1) is 0 Å². The normalized spacial score (nSPS) is 10.6. The summed E-state index contributed by atoms with van der Waals surface area (Å²) in [7, 11) is 0. The maximum absolute atomic E-state index is 5.04. The molecule has 0 unspecified atom stereocenters. The molecule has 0 N–H and O–H groups in total. The second kappa shape index (κ2) is 3.49. The quantitative estimate of drug-likeness (QED) is 0.347. The monoisotopic (exact) mass is 106 g/mol. The molecule has 0 amide bonds. The van der Waals surface area contributed by atoms with Gasteiger partial charge < -0.3 is 0 Å². The van der Waals surface area contributed by atoms with Crippen molar-refractivity contribution < 1.29 is 0 Å². The summed E-state index contributed by atoms with van der Waals surface area (Å²) in [5.41, 5.74) is 1.27. The van der Waals surface area contributed by atoms with E-state index in [-0.39, 0.29) is 0 Å². The number of hydrogen-bond donors (Lipinski definition) is 0. The van der Waals surface area contributed by atoms with Crippen LogP contribution in [0.1, 0.15) is 20.8 Å². The summed E-state index contributed by atoms with van der Waals surface area (Å²) in [5, 5.41) is 0. The molecule has 0 heterocycles. The molecule has 0 bridgehead atoms. The van der Waals surface area contributed by atoms with Crippen molar-refractivity contribution in [1.82, 2.24) is 0 Å². The van der Waals surface area contributed by atoms with E-state index in [2.05, 4.69) is 19.7 Å². The topological polar surface area (TPSA) is 0 Å². The summed E-state index contributed by atoms with van der Waals surface area (Å²) >= 11 is 0. The van der Waals surface area contributed by atoms with Crippen LogP contribution in [-0.2, 0) is 0 Å². The second-order valence-electron chi connectivity index (χ2n) is 2.21. The van der Waals surface area contributed by atoms with Crippen molar-refractivity contribution in [3.05, 3.63) is 0 Å². The van der Waals surface area contributed by atoms with Crippen LogP contribution in [0.5, 0.6) is 0 Å². The van der Waals surface area contributed by atoms with E-state index < -0.39 is 0 Å². The van der Waals surface area contributed by atoms with Crippen LogP contribution in [0, 0.1) is 18.2 Å². The van der Waals surface area contributed by atoms with Gasteiger partial charge in [0.15, 0.2) is 0 Å². The Bertz CT molecular complexity index is 126. The Hall–Kier alpha value is -0.505. The molecule has 0 aliphatic rings. The minimum atomic E-state index is 0.589. The van der Waals surface area contributed by atoms with E-state index in [1.807, 2.05) is 13.8 Å². The van der Waals surface area contributed by atoms with Crippen molar-refractivity contribution in [2.45, 2.75) is 20.8 Å². The van der Waals surface area contributed by atoms with Crippen LogP contribution in [0.25, 0.3) is 0 Å². The molecule has 0 aliphatic carbocycles. The van der Waals surface area contributed by atoms with E-state index in [0.29, 0.717) is 5.92 Å². The van der Waals surface area contributed by atoms with Gasteiger partial charge in [-0.25, -0.2) is 0 Å². The Morgan fingerprint density at radius 3 is 2.25 bits per heavy atom. The number of hydrogen-bond acceptors (Lipinski definition) is 0. The molecule has 0 aromatic heterocycles. The molecule has 0 aromatic rings. The third-order valence-corrected chi connectivity index (χ3v) is 1.22. The van der Waals surface area contributed by atoms with E-state index >= 15 is 0 Å². The number of rotatable bonds is 1. The molecule has 0 aromatic carbocycles. The van der Waals surface area contributed by atoms with Gasteiger partial charge in [-0.1, -0.05) is 0 Å². The van der Waals surface area contributed by atoms with E-state index in [0.717, 1.165) is 0 Å². The molecule has 0 nitrogen and oxygen atoms in total. The van der Waals surface area contributed by atoms with Gasteiger partial charge in [0.2, 0.25) is 0 Å². The second-order valence-corrected chi connectivity index (χ2v) is 2.21. The summed E-state index contributed by atoms with van der Waals surface area (Å²) in [6.45, 7) is 8.11.